The van der Waals surface area contributed by atoms with Crippen molar-refractivity contribution in [2.75, 3.05) is 33.9 Å². The van der Waals surface area contributed by atoms with Gasteiger partial charge in [-0.2, -0.15) is 0 Å². The third-order valence-corrected chi connectivity index (χ3v) is 10.9. The zero-order valence-corrected chi connectivity index (χ0v) is 25.1. The molecule has 1 aromatic carbocycles. The monoisotopic (exact) mass is 569 g/mol. The van der Waals surface area contributed by atoms with Crippen LogP contribution in [0.25, 0.3) is 17.1 Å². The number of hydrogen-bond acceptors (Lipinski definition) is 6. The maximum atomic E-state index is 14.1. The Morgan fingerprint density at radius 1 is 1.02 bits per heavy atom. The summed E-state index contributed by atoms with van der Waals surface area (Å²) >= 11 is 0. The van der Waals surface area contributed by atoms with Crippen LogP contribution in [-0.4, -0.2) is 61.5 Å². The Balaban J connectivity index is 1.46. The number of para-hydroxylation sites is 1. The molecule has 0 amide bonds. The largest absolute Gasteiger partial charge is 0.469 e. The van der Waals surface area contributed by atoms with Gasteiger partial charge in [-0.3, -0.25) is 14.6 Å². The van der Waals surface area contributed by atoms with Crippen molar-refractivity contribution in [1.29, 1.82) is 0 Å². The van der Waals surface area contributed by atoms with Gasteiger partial charge in [0.15, 0.2) is 0 Å². The first-order valence-corrected chi connectivity index (χ1v) is 16.1. The van der Waals surface area contributed by atoms with Crippen LogP contribution in [0.5, 0.6) is 0 Å². The van der Waals surface area contributed by atoms with Crippen molar-refractivity contribution in [1.82, 2.24) is 9.47 Å². The van der Waals surface area contributed by atoms with Gasteiger partial charge in [0.05, 0.1) is 30.8 Å². The molecule has 1 aromatic heterocycles. The number of esters is 2. The molecule has 0 N–H and O–H groups in total. The van der Waals surface area contributed by atoms with E-state index in [0.29, 0.717) is 5.92 Å². The molecule has 4 heterocycles. The van der Waals surface area contributed by atoms with Gasteiger partial charge >= 0.3 is 11.9 Å². The molecule has 0 bridgehead atoms. The first-order valence-electron chi connectivity index (χ1n) is 16.1. The number of carbonyl (C=O) groups is 2. The summed E-state index contributed by atoms with van der Waals surface area (Å²) in [5.74, 6) is -0.636. The summed E-state index contributed by atoms with van der Waals surface area (Å²) in [6, 6.07) is 9.02. The van der Waals surface area contributed by atoms with Gasteiger partial charge in [0, 0.05) is 35.0 Å². The van der Waals surface area contributed by atoms with E-state index in [9.17, 15) is 9.59 Å². The summed E-state index contributed by atoms with van der Waals surface area (Å²) in [7, 11) is 2.99. The maximum absolute atomic E-state index is 14.1. The van der Waals surface area contributed by atoms with Gasteiger partial charge < -0.3 is 18.9 Å². The van der Waals surface area contributed by atoms with Gasteiger partial charge in [-0.25, -0.2) is 0 Å². The summed E-state index contributed by atoms with van der Waals surface area (Å²) in [5.41, 5.74) is 5.95. The number of fused-ring (bicyclic) bond motifs is 6. The minimum Gasteiger partial charge on any atom is -0.469 e. The van der Waals surface area contributed by atoms with Gasteiger partial charge in [0.1, 0.15) is 5.92 Å². The number of carbonyl (C=O) groups excluding carboxylic acids is 2. The third-order valence-electron chi connectivity index (χ3n) is 10.9. The number of aromatic nitrogens is 1. The minimum atomic E-state index is -0.697. The van der Waals surface area contributed by atoms with Crippen LogP contribution in [0.3, 0.4) is 0 Å². The molecule has 1 saturated heterocycles. The fourth-order valence-electron chi connectivity index (χ4n) is 8.84. The average molecular weight is 570 g/mol. The van der Waals surface area contributed by atoms with Crippen molar-refractivity contribution >= 4 is 35.3 Å². The van der Waals surface area contributed by atoms with Gasteiger partial charge in [0.2, 0.25) is 0 Å². The second kappa shape index (κ2) is 11.1. The van der Waals surface area contributed by atoms with Crippen molar-refractivity contribution in [3.05, 3.63) is 52.4 Å². The highest BCUT2D eigenvalue weighted by Crippen LogP contribution is 2.57. The number of rotatable bonds is 6. The molecule has 0 spiro atoms. The lowest BCUT2D eigenvalue weighted by atomic mass is 9.60. The Morgan fingerprint density at radius 3 is 2.60 bits per heavy atom. The van der Waals surface area contributed by atoms with E-state index >= 15 is 0 Å². The molecule has 7 heteroatoms. The van der Waals surface area contributed by atoms with Crippen LogP contribution >= 0.6 is 0 Å². The SMILES string of the molecule is COC(=O)C1C=NC2=C3CCCC(CCN4CCCC4)(C(=O)OC)[C@H]3c3cc4cccc(C5CCCCC5)c4n3C=C21. The van der Waals surface area contributed by atoms with Crippen LogP contribution in [0, 0.1) is 11.3 Å². The molecule has 3 fully saturated rings. The van der Waals surface area contributed by atoms with E-state index in [4.69, 9.17) is 14.5 Å². The van der Waals surface area contributed by atoms with Crippen LogP contribution in [0.15, 0.2) is 46.1 Å². The summed E-state index contributed by atoms with van der Waals surface area (Å²) in [6.45, 7) is 3.07. The van der Waals surface area contributed by atoms with Crippen molar-refractivity contribution < 1.29 is 19.1 Å². The van der Waals surface area contributed by atoms with Gasteiger partial charge in [-0.15, -0.1) is 0 Å². The average Bonchev–Trinajstić information content (AvgIpc) is 3.77. The Labute approximate surface area is 248 Å². The van der Waals surface area contributed by atoms with Gasteiger partial charge in [-0.05, 0) is 94.1 Å². The number of hydrogen-bond donors (Lipinski definition) is 0. The molecular formula is C35H43N3O4. The molecule has 222 valence electrons. The van der Waals surface area contributed by atoms with Gasteiger partial charge in [0.25, 0.3) is 0 Å². The number of nitrogens with zero attached hydrogens (tertiary/aromatic N) is 3. The molecule has 7 rings (SSSR count). The van der Waals surface area contributed by atoms with Crippen LogP contribution in [0.2, 0.25) is 0 Å². The van der Waals surface area contributed by atoms with Crippen LogP contribution < -0.4 is 0 Å². The molecule has 3 aliphatic heterocycles. The number of likely N-dealkylation sites (tertiary alicyclic amines) is 1. The van der Waals surface area contributed by atoms with Crippen molar-refractivity contribution in [2.24, 2.45) is 16.3 Å². The molecule has 2 saturated carbocycles. The summed E-state index contributed by atoms with van der Waals surface area (Å²) in [4.78, 5) is 34.6. The molecular weight excluding hydrogens is 526 g/mol. The molecule has 42 heavy (non-hydrogen) atoms. The molecule has 2 aliphatic carbocycles. The Bertz CT molecular complexity index is 1490. The van der Waals surface area contributed by atoms with E-state index < -0.39 is 11.3 Å². The second-order valence-corrected chi connectivity index (χ2v) is 13.0. The number of methoxy groups -OCH3 is 2. The topological polar surface area (TPSA) is 73.1 Å². The molecule has 5 aliphatic rings. The quantitative estimate of drug-likeness (QED) is 0.367. The first kappa shape index (κ1) is 27.6. The third kappa shape index (κ3) is 4.38. The standard InChI is InChI=1S/C35H43N3O4/c1-41-33(39)27-21-36-31-26-14-9-15-35(34(40)42-2,16-19-37-17-6-7-18-37)30(26)29-20-24-12-8-13-25(23-10-4-3-5-11-23)32(24)38(29)22-28(27)31/h8,12-13,20-23,27,30H,3-7,9-11,14-19H2,1-2H3/t27?,30-,35?/m1/s1. The van der Waals surface area contributed by atoms with Crippen LogP contribution in [-0.2, 0) is 19.1 Å². The Hall–Kier alpha value is -3.19. The Kier molecular flexibility index (Phi) is 7.33. The zero-order chi connectivity index (χ0) is 28.8. The smallest absolute Gasteiger partial charge is 0.318 e. The van der Waals surface area contributed by atoms with E-state index in [-0.39, 0.29) is 17.9 Å². The lowest BCUT2D eigenvalue weighted by Gasteiger charge is -2.44. The first-order chi connectivity index (χ1) is 20.6. The van der Waals surface area contributed by atoms with Crippen molar-refractivity contribution in [3.8, 4) is 0 Å². The highest BCUT2D eigenvalue weighted by atomic mass is 16.5. The summed E-state index contributed by atoms with van der Waals surface area (Å²) in [5, 5.41) is 1.20. The molecule has 2 unspecified atom stereocenters. The van der Waals surface area contributed by atoms with Gasteiger partial charge in [-0.1, -0.05) is 37.5 Å². The lowest BCUT2D eigenvalue weighted by molar-refractivity contribution is -0.156. The predicted octanol–water partition coefficient (Wildman–Crippen LogP) is 6.58. The molecule has 2 aromatic rings. The highest BCUT2D eigenvalue weighted by Gasteiger charge is 2.54. The maximum Gasteiger partial charge on any atom is 0.318 e. The number of ether oxygens (including phenoxy) is 2. The van der Waals surface area contributed by atoms with Crippen molar-refractivity contribution in [3.63, 3.8) is 0 Å². The summed E-state index contributed by atoms with van der Waals surface area (Å²) < 4.78 is 13.3. The zero-order valence-electron chi connectivity index (χ0n) is 25.1. The van der Waals surface area contributed by atoms with E-state index in [2.05, 4.69) is 39.9 Å². The minimum absolute atomic E-state index is 0.122. The van der Waals surface area contributed by atoms with E-state index in [1.165, 1.54) is 74.1 Å². The Morgan fingerprint density at radius 2 is 1.83 bits per heavy atom. The lowest BCUT2D eigenvalue weighted by Crippen LogP contribution is -2.44. The normalized spacial score (nSPS) is 27.8. The molecule has 3 atom stereocenters. The van der Waals surface area contributed by atoms with E-state index in [0.717, 1.165) is 62.3 Å². The highest BCUT2D eigenvalue weighted by molar-refractivity contribution is 6.00. The second-order valence-electron chi connectivity index (χ2n) is 13.0. The number of allylic oxidation sites excluding steroid dienone is 2. The number of benzene rings is 1. The van der Waals surface area contributed by atoms with Crippen molar-refractivity contribution in [2.45, 2.75) is 82.5 Å². The fourth-order valence-corrected chi connectivity index (χ4v) is 8.84. The predicted molar refractivity (Wildman–Crippen MR) is 164 cm³/mol. The number of aliphatic imine (C=N–C) groups is 1. The molecule has 0 radical (unpaired) electrons. The molecule has 7 nitrogen and oxygen atoms in total. The van der Waals surface area contributed by atoms with Crippen LogP contribution in [0.4, 0.5) is 0 Å². The summed E-state index contributed by atoms with van der Waals surface area (Å²) in [6.07, 6.45) is 15.8. The van der Waals surface area contributed by atoms with Crippen LogP contribution in [0.1, 0.15) is 93.7 Å². The van der Waals surface area contributed by atoms with E-state index in [1.807, 2.05) is 0 Å². The van der Waals surface area contributed by atoms with E-state index in [1.54, 1.807) is 13.3 Å². The fraction of sp³-hybridized carbons (Fsp3) is 0.571.